The van der Waals surface area contributed by atoms with Crippen LogP contribution in [-0.2, 0) is 0 Å². The summed E-state index contributed by atoms with van der Waals surface area (Å²) in [7, 11) is 1.67. The van der Waals surface area contributed by atoms with Crippen molar-refractivity contribution in [3.05, 3.63) is 27.2 Å². The van der Waals surface area contributed by atoms with Gasteiger partial charge in [0.15, 0.2) is 0 Å². The van der Waals surface area contributed by atoms with Gasteiger partial charge in [0.2, 0.25) is 0 Å². The van der Waals surface area contributed by atoms with E-state index in [0.29, 0.717) is 5.02 Å². The van der Waals surface area contributed by atoms with E-state index in [1.807, 2.05) is 12.1 Å². The molecular weight excluding hydrogens is 367 g/mol. The molecule has 96 valence electrons. The van der Waals surface area contributed by atoms with Crippen LogP contribution in [0.1, 0.15) is 37.6 Å². The van der Waals surface area contributed by atoms with Crippen LogP contribution in [0.15, 0.2) is 16.6 Å². The fourth-order valence-electron chi connectivity index (χ4n) is 1.68. The Bertz CT molecular complexity index is 399. The zero-order valence-electron chi connectivity index (χ0n) is 10.5. The molecule has 0 bridgehead atoms. The van der Waals surface area contributed by atoms with E-state index in [-0.39, 0.29) is 10.2 Å². The van der Waals surface area contributed by atoms with Gasteiger partial charge < -0.3 is 4.74 Å². The third-order valence-electron chi connectivity index (χ3n) is 2.37. The first kappa shape index (κ1) is 15.3. The lowest BCUT2D eigenvalue weighted by atomic mass is 9.88. The van der Waals surface area contributed by atoms with Gasteiger partial charge in [-0.1, -0.05) is 48.3 Å². The van der Waals surface area contributed by atoms with Crippen molar-refractivity contribution in [3.8, 4) is 5.75 Å². The van der Waals surface area contributed by atoms with Crippen molar-refractivity contribution in [3.63, 3.8) is 0 Å². The van der Waals surface area contributed by atoms with Gasteiger partial charge >= 0.3 is 0 Å². The van der Waals surface area contributed by atoms with Crippen LogP contribution in [-0.4, -0.2) is 7.11 Å². The van der Waals surface area contributed by atoms with Crippen LogP contribution in [0.3, 0.4) is 0 Å². The summed E-state index contributed by atoms with van der Waals surface area (Å²) in [6.45, 7) is 6.65. The average Bonchev–Trinajstić information content (AvgIpc) is 2.13. The minimum absolute atomic E-state index is 0.229. The van der Waals surface area contributed by atoms with Crippen molar-refractivity contribution >= 4 is 43.5 Å². The lowest BCUT2D eigenvalue weighted by Crippen LogP contribution is -2.09. The van der Waals surface area contributed by atoms with E-state index in [2.05, 4.69) is 52.6 Å². The Hall–Kier alpha value is 0.270. The maximum atomic E-state index is 6.09. The highest BCUT2D eigenvalue weighted by molar-refractivity contribution is 9.10. The number of benzene rings is 1. The van der Waals surface area contributed by atoms with E-state index in [1.54, 1.807) is 7.11 Å². The minimum Gasteiger partial charge on any atom is -0.495 e. The smallest absolute Gasteiger partial charge is 0.137 e. The van der Waals surface area contributed by atoms with Gasteiger partial charge in [0.1, 0.15) is 5.75 Å². The highest BCUT2D eigenvalue weighted by Crippen LogP contribution is 2.43. The molecule has 0 spiro atoms. The largest absolute Gasteiger partial charge is 0.495 e. The standard InChI is InChI=1S/C13H17Br2ClO/c1-13(2,3)7-11(15)9-5-8(16)6-10(14)12(9)17-4/h5-6,11H,7H2,1-4H3. The molecule has 1 nitrogen and oxygen atoms in total. The molecular formula is C13H17Br2ClO. The molecule has 0 aliphatic heterocycles. The first-order valence-electron chi connectivity index (χ1n) is 5.41. The molecule has 4 heteroatoms. The Morgan fingerprint density at radius 3 is 2.41 bits per heavy atom. The van der Waals surface area contributed by atoms with Crippen LogP contribution in [0, 0.1) is 5.41 Å². The van der Waals surface area contributed by atoms with E-state index < -0.39 is 0 Å². The molecule has 0 amide bonds. The lowest BCUT2D eigenvalue weighted by Gasteiger charge is -2.24. The number of alkyl halides is 1. The predicted octanol–water partition coefficient (Wildman–Crippen LogP) is 5.98. The van der Waals surface area contributed by atoms with Crippen LogP contribution >= 0.6 is 43.5 Å². The molecule has 0 saturated carbocycles. The third-order valence-corrected chi connectivity index (χ3v) is 3.99. The molecule has 0 saturated heterocycles. The highest BCUT2D eigenvalue weighted by Gasteiger charge is 2.22. The average molecular weight is 385 g/mol. The van der Waals surface area contributed by atoms with Gasteiger partial charge in [-0.05, 0) is 39.9 Å². The summed E-state index contributed by atoms with van der Waals surface area (Å²) in [6.07, 6.45) is 1.01. The Kier molecular flexibility index (Phi) is 5.36. The van der Waals surface area contributed by atoms with Crippen molar-refractivity contribution < 1.29 is 4.74 Å². The van der Waals surface area contributed by atoms with E-state index in [4.69, 9.17) is 16.3 Å². The number of hydrogen-bond acceptors (Lipinski definition) is 1. The third kappa shape index (κ3) is 4.46. The number of ether oxygens (including phenoxy) is 1. The summed E-state index contributed by atoms with van der Waals surface area (Å²) in [6, 6.07) is 3.80. The second kappa shape index (κ2) is 5.94. The van der Waals surface area contributed by atoms with Crippen molar-refractivity contribution in [1.82, 2.24) is 0 Å². The number of methoxy groups -OCH3 is 1. The predicted molar refractivity (Wildman–Crippen MR) is 81.4 cm³/mol. The summed E-state index contributed by atoms with van der Waals surface area (Å²) in [5.41, 5.74) is 1.33. The molecule has 0 N–H and O–H groups in total. The molecule has 0 aromatic heterocycles. The molecule has 1 unspecified atom stereocenters. The SMILES string of the molecule is COc1c(Br)cc(Cl)cc1C(Br)CC(C)(C)C. The zero-order valence-corrected chi connectivity index (χ0v) is 14.4. The Labute approximate surface area is 125 Å². The number of halogens is 3. The topological polar surface area (TPSA) is 9.23 Å². The number of hydrogen-bond donors (Lipinski definition) is 0. The summed E-state index contributed by atoms with van der Waals surface area (Å²) < 4.78 is 6.32. The van der Waals surface area contributed by atoms with E-state index in [1.165, 1.54) is 0 Å². The quantitative estimate of drug-likeness (QED) is 0.582. The first-order valence-corrected chi connectivity index (χ1v) is 7.50. The molecule has 1 rings (SSSR count). The monoisotopic (exact) mass is 382 g/mol. The van der Waals surface area contributed by atoms with Crippen LogP contribution in [0.2, 0.25) is 5.02 Å². The maximum Gasteiger partial charge on any atom is 0.137 e. The van der Waals surface area contributed by atoms with Crippen LogP contribution < -0.4 is 4.74 Å². The van der Waals surface area contributed by atoms with Crippen LogP contribution in [0.5, 0.6) is 5.75 Å². The van der Waals surface area contributed by atoms with Gasteiger partial charge in [-0.15, -0.1) is 0 Å². The summed E-state index contributed by atoms with van der Waals surface area (Å²) in [5.74, 6) is 0.848. The fraction of sp³-hybridized carbons (Fsp3) is 0.538. The zero-order chi connectivity index (χ0) is 13.2. The molecule has 1 aromatic rings. The summed E-state index contributed by atoms with van der Waals surface area (Å²) in [5, 5.41) is 0.714. The van der Waals surface area contributed by atoms with Gasteiger partial charge in [0, 0.05) is 15.4 Å². The molecule has 0 aliphatic carbocycles. The van der Waals surface area contributed by atoms with Gasteiger partial charge in [-0.2, -0.15) is 0 Å². The Morgan fingerprint density at radius 2 is 1.94 bits per heavy atom. The maximum absolute atomic E-state index is 6.09. The molecule has 1 atom stereocenters. The van der Waals surface area contributed by atoms with Crippen LogP contribution in [0.4, 0.5) is 0 Å². The summed E-state index contributed by atoms with van der Waals surface area (Å²) in [4.78, 5) is 0.229. The van der Waals surface area contributed by atoms with Gasteiger partial charge in [-0.3, -0.25) is 0 Å². The van der Waals surface area contributed by atoms with Gasteiger partial charge in [0.25, 0.3) is 0 Å². The summed E-state index contributed by atoms with van der Waals surface area (Å²) >= 11 is 13.3. The van der Waals surface area contributed by atoms with Crippen LogP contribution in [0.25, 0.3) is 0 Å². The van der Waals surface area contributed by atoms with Crippen molar-refractivity contribution in [2.75, 3.05) is 7.11 Å². The minimum atomic E-state index is 0.229. The van der Waals surface area contributed by atoms with E-state index >= 15 is 0 Å². The highest BCUT2D eigenvalue weighted by atomic mass is 79.9. The Balaban J connectivity index is 3.11. The Morgan fingerprint density at radius 1 is 1.35 bits per heavy atom. The molecule has 17 heavy (non-hydrogen) atoms. The normalized spacial score (nSPS) is 13.6. The van der Waals surface area contributed by atoms with Crippen molar-refractivity contribution in [2.24, 2.45) is 5.41 Å². The molecule has 0 radical (unpaired) electrons. The van der Waals surface area contributed by atoms with Crippen molar-refractivity contribution in [2.45, 2.75) is 32.0 Å². The lowest BCUT2D eigenvalue weighted by molar-refractivity contribution is 0.367. The molecule has 0 heterocycles. The van der Waals surface area contributed by atoms with E-state index in [0.717, 1.165) is 22.2 Å². The fourth-order valence-corrected chi connectivity index (χ4v) is 3.98. The molecule has 1 aromatic carbocycles. The van der Waals surface area contributed by atoms with E-state index in [9.17, 15) is 0 Å². The van der Waals surface area contributed by atoms with Crippen molar-refractivity contribution in [1.29, 1.82) is 0 Å². The second-order valence-corrected chi connectivity index (χ2v) is 7.64. The second-order valence-electron chi connectivity index (χ2n) is 5.24. The molecule has 0 fully saturated rings. The van der Waals surface area contributed by atoms with Gasteiger partial charge in [-0.25, -0.2) is 0 Å². The first-order chi connectivity index (χ1) is 7.74. The number of rotatable bonds is 3. The van der Waals surface area contributed by atoms with Gasteiger partial charge in [0.05, 0.1) is 11.6 Å². The molecule has 0 aliphatic rings.